The standard InChI is InChI=1S/C23H22F3N4O2/c1-21(2)16(12-7-5-8-13(11-12)23(24,25)26)17(22(3,4)30(21)32)20-28-15-10-6-9-14(19(27)31)18(15)29-20/h5-11H,1-4H3,(H2,27,31)(H,28,29). The molecule has 0 aliphatic carbocycles. The number of rotatable bonds is 3. The zero-order valence-corrected chi connectivity index (χ0v) is 18.0. The molecule has 1 aliphatic heterocycles. The van der Waals surface area contributed by atoms with E-state index in [-0.39, 0.29) is 11.1 Å². The van der Waals surface area contributed by atoms with Gasteiger partial charge in [0.2, 0.25) is 0 Å². The molecule has 2 heterocycles. The Balaban J connectivity index is 2.05. The highest BCUT2D eigenvalue weighted by Crippen LogP contribution is 2.52. The lowest BCUT2D eigenvalue weighted by Gasteiger charge is -2.34. The average molecular weight is 443 g/mol. The van der Waals surface area contributed by atoms with E-state index in [1.807, 2.05) is 0 Å². The number of fused-ring (bicyclic) bond motifs is 1. The fourth-order valence-electron chi connectivity index (χ4n) is 4.62. The molecule has 0 atom stereocenters. The summed E-state index contributed by atoms with van der Waals surface area (Å²) in [6.45, 7) is 6.73. The van der Waals surface area contributed by atoms with Crippen LogP contribution in [0.5, 0.6) is 0 Å². The molecule has 6 nitrogen and oxygen atoms in total. The lowest BCUT2D eigenvalue weighted by atomic mass is 9.85. The number of imidazole rings is 1. The number of halogens is 3. The molecule has 167 valence electrons. The minimum atomic E-state index is -4.53. The zero-order chi connectivity index (χ0) is 23.6. The smallest absolute Gasteiger partial charge is 0.366 e. The first-order valence-corrected chi connectivity index (χ1v) is 9.95. The van der Waals surface area contributed by atoms with Crippen molar-refractivity contribution in [1.29, 1.82) is 0 Å². The van der Waals surface area contributed by atoms with Crippen molar-refractivity contribution >= 4 is 28.1 Å². The largest absolute Gasteiger partial charge is 0.416 e. The van der Waals surface area contributed by atoms with E-state index in [1.165, 1.54) is 6.07 Å². The van der Waals surface area contributed by atoms with E-state index in [4.69, 9.17) is 5.73 Å². The Morgan fingerprint density at radius 1 is 1.03 bits per heavy atom. The van der Waals surface area contributed by atoms with Crippen molar-refractivity contribution in [2.45, 2.75) is 44.9 Å². The molecular weight excluding hydrogens is 421 g/mol. The second-order valence-electron chi connectivity index (χ2n) is 8.89. The van der Waals surface area contributed by atoms with E-state index >= 15 is 0 Å². The van der Waals surface area contributed by atoms with Crippen molar-refractivity contribution in [3.8, 4) is 0 Å². The molecule has 0 fully saturated rings. The number of primary amides is 1. The second kappa shape index (κ2) is 6.91. The summed E-state index contributed by atoms with van der Waals surface area (Å²) in [6, 6.07) is 9.82. The number of alkyl halides is 3. The first-order valence-electron chi connectivity index (χ1n) is 9.95. The molecule has 3 N–H and O–H groups in total. The minimum absolute atomic E-state index is 0.209. The highest BCUT2D eigenvalue weighted by atomic mass is 19.4. The number of aromatic nitrogens is 2. The van der Waals surface area contributed by atoms with Gasteiger partial charge >= 0.3 is 6.18 Å². The third kappa shape index (κ3) is 3.20. The number of hydrogen-bond donors (Lipinski definition) is 2. The van der Waals surface area contributed by atoms with Gasteiger partial charge in [-0.3, -0.25) is 4.79 Å². The van der Waals surface area contributed by atoms with Crippen LogP contribution in [-0.2, 0) is 11.4 Å². The first kappa shape index (κ1) is 22.0. The highest BCUT2D eigenvalue weighted by molar-refractivity contribution is 6.06. The number of nitrogens with one attached hydrogen (secondary N) is 1. The number of hydroxylamine groups is 2. The Labute approximate surface area is 182 Å². The number of nitrogens with two attached hydrogens (primary N) is 1. The Morgan fingerprint density at radius 3 is 2.28 bits per heavy atom. The fourth-order valence-corrected chi connectivity index (χ4v) is 4.62. The fraction of sp³-hybridized carbons (Fsp3) is 0.304. The van der Waals surface area contributed by atoms with Gasteiger partial charge in [-0.2, -0.15) is 13.2 Å². The summed E-state index contributed by atoms with van der Waals surface area (Å²) in [5.74, 6) is -0.352. The van der Waals surface area contributed by atoms with Gasteiger partial charge in [0.25, 0.3) is 5.91 Å². The molecule has 0 bridgehead atoms. The molecule has 2 aromatic carbocycles. The van der Waals surface area contributed by atoms with Gasteiger partial charge in [0.15, 0.2) is 0 Å². The van der Waals surface area contributed by atoms with Crippen molar-refractivity contribution in [2.24, 2.45) is 5.73 Å². The Bertz CT molecular complexity index is 1270. The molecule has 4 rings (SSSR count). The lowest BCUT2D eigenvalue weighted by Crippen LogP contribution is -2.47. The van der Waals surface area contributed by atoms with Gasteiger partial charge in [0.05, 0.1) is 27.7 Å². The number of aromatic amines is 1. The number of carbonyl (C=O) groups excluding carboxylic acids is 1. The molecule has 0 unspecified atom stereocenters. The van der Waals surface area contributed by atoms with E-state index in [9.17, 15) is 23.2 Å². The number of hydrogen-bond acceptors (Lipinski definition) is 3. The first-order chi connectivity index (χ1) is 14.8. The predicted molar refractivity (Wildman–Crippen MR) is 114 cm³/mol. The molecule has 0 saturated heterocycles. The monoisotopic (exact) mass is 443 g/mol. The second-order valence-corrected chi connectivity index (χ2v) is 8.89. The molecule has 1 radical (unpaired) electrons. The van der Waals surface area contributed by atoms with Gasteiger partial charge in [0.1, 0.15) is 11.3 Å². The predicted octanol–water partition coefficient (Wildman–Crippen LogP) is 4.81. The molecule has 0 spiro atoms. The van der Waals surface area contributed by atoms with Gasteiger partial charge in [0, 0.05) is 5.57 Å². The van der Waals surface area contributed by atoms with E-state index in [0.29, 0.717) is 28.0 Å². The third-order valence-electron chi connectivity index (χ3n) is 5.98. The summed E-state index contributed by atoms with van der Waals surface area (Å²) < 4.78 is 40.2. The van der Waals surface area contributed by atoms with Crippen LogP contribution in [0.4, 0.5) is 13.2 Å². The number of H-pyrrole nitrogens is 1. The summed E-state index contributed by atoms with van der Waals surface area (Å²) in [6.07, 6.45) is -4.53. The van der Waals surface area contributed by atoms with E-state index in [2.05, 4.69) is 9.97 Å². The van der Waals surface area contributed by atoms with Crippen molar-refractivity contribution in [3.05, 3.63) is 65.0 Å². The Kier molecular flexibility index (Phi) is 4.76. The van der Waals surface area contributed by atoms with Gasteiger partial charge < -0.3 is 10.7 Å². The van der Waals surface area contributed by atoms with Crippen LogP contribution >= 0.6 is 0 Å². The molecule has 0 saturated carbocycles. The summed E-state index contributed by atoms with van der Waals surface area (Å²) in [7, 11) is 0. The minimum Gasteiger partial charge on any atom is -0.366 e. The maximum absolute atomic E-state index is 13.4. The molecular formula is C23H22F3N4O2. The van der Waals surface area contributed by atoms with E-state index in [0.717, 1.165) is 17.2 Å². The van der Waals surface area contributed by atoms with Crippen LogP contribution in [0.15, 0.2) is 42.5 Å². The quantitative estimate of drug-likeness (QED) is 0.608. The molecule has 32 heavy (non-hydrogen) atoms. The van der Waals surface area contributed by atoms with Crippen LogP contribution in [-0.4, -0.2) is 32.0 Å². The van der Waals surface area contributed by atoms with E-state index < -0.39 is 28.7 Å². The van der Waals surface area contributed by atoms with Crippen LogP contribution in [0.1, 0.15) is 55.0 Å². The average Bonchev–Trinajstić information content (AvgIpc) is 3.18. The molecule has 1 aliphatic rings. The summed E-state index contributed by atoms with van der Waals surface area (Å²) >= 11 is 0. The number of nitrogens with zero attached hydrogens (tertiary/aromatic N) is 2. The third-order valence-corrected chi connectivity index (χ3v) is 5.98. The maximum Gasteiger partial charge on any atom is 0.416 e. The van der Waals surface area contributed by atoms with Crippen molar-refractivity contribution < 1.29 is 23.2 Å². The molecule has 9 heteroatoms. The SMILES string of the molecule is CC1(C)C(c2cccc(C(F)(F)F)c2)=C(c2nc3c(C(N)=O)cccc3[nH]2)C(C)(C)N1[O]. The topological polar surface area (TPSA) is 94.9 Å². The van der Waals surface area contributed by atoms with Gasteiger partial charge in [-0.25, -0.2) is 4.98 Å². The van der Waals surface area contributed by atoms with Crippen LogP contribution in [0, 0.1) is 0 Å². The van der Waals surface area contributed by atoms with Gasteiger partial charge in [-0.1, -0.05) is 18.2 Å². The Morgan fingerprint density at radius 2 is 1.66 bits per heavy atom. The van der Waals surface area contributed by atoms with Crippen LogP contribution in [0.2, 0.25) is 0 Å². The molecule has 1 amide bonds. The summed E-state index contributed by atoms with van der Waals surface area (Å²) in [4.78, 5) is 19.5. The number of amides is 1. The molecule has 1 aromatic heterocycles. The number of benzene rings is 2. The maximum atomic E-state index is 13.4. The number of para-hydroxylation sites is 1. The number of carbonyl (C=O) groups is 1. The lowest BCUT2D eigenvalue weighted by molar-refractivity contribution is -0.232. The zero-order valence-electron chi connectivity index (χ0n) is 18.0. The van der Waals surface area contributed by atoms with Crippen LogP contribution < -0.4 is 5.73 Å². The van der Waals surface area contributed by atoms with Gasteiger partial charge in [-0.15, -0.1) is 10.3 Å². The van der Waals surface area contributed by atoms with Crippen molar-refractivity contribution in [3.63, 3.8) is 0 Å². The van der Waals surface area contributed by atoms with Crippen LogP contribution in [0.3, 0.4) is 0 Å². The van der Waals surface area contributed by atoms with Gasteiger partial charge in [-0.05, 0) is 63.1 Å². The molecule has 3 aromatic rings. The van der Waals surface area contributed by atoms with Crippen molar-refractivity contribution in [2.75, 3.05) is 0 Å². The highest BCUT2D eigenvalue weighted by Gasteiger charge is 2.53. The van der Waals surface area contributed by atoms with E-state index in [1.54, 1.807) is 52.0 Å². The van der Waals surface area contributed by atoms with Crippen LogP contribution in [0.25, 0.3) is 22.2 Å². The normalized spacial score (nSPS) is 18.5. The van der Waals surface area contributed by atoms with Crippen molar-refractivity contribution in [1.82, 2.24) is 15.0 Å². The summed E-state index contributed by atoms with van der Waals surface area (Å²) in [5.41, 5.74) is 4.65. The summed E-state index contributed by atoms with van der Waals surface area (Å²) in [5, 5.41) is 14.2. The Hall–Kier alpha value is -3.17.